The SMILES string of the molecule is CC(C)(CO)Oc1ccc(-c2nccs2)c2oc(N3CC4CC(C(C)(C)C)(C3)N4)nc12. The number of piperidine rings is 1. The topological polar surface area (TPSA) is 83.7 Å². The van der Waals surface area contributed by atoms with Crippen LogP contribution in [0.4, 0.5) is 6.01 Å². The zero-order valence-electron chi connectivity index (χ0n) is 18.7. The van der Waals surface area contributed by atoms with Gasteiger partial charge in [-0.25, -0.2) is 4.98 Å². The number of aliphatic hydroxyl groups is 1. The molecule has 0 amide bonds. The number of hydrogen-bond donors (Lipinski definition) is 2. The Labute approximate surface area is 186 Å². The maximum absolute atomic E-state index is 9.69. The number of fused-ring (bicyclic) bond motifs is 3. The number of benzene rings is 1. The van der Waals surface area contributed by atoms with Gasteiger partial charge in [-0.2, -0.15) is 4.98 Å². The van der Waals surface area contributed by atoms with Crippen LogP contribution in [0.1, 0.15) is 41.0 Å². The number of aromatic nitrogens is 2. The molecule has 0 saturated carbocycles. The van der Waals surface area contributed by atoms with Crippen molar-refractivity contribution in [1.82, 2.24) is 15.3 Å². The predicted octanol–water partition coefficient (Wildman–Crippen LogP) is 4.07. The number of oxazole rings is 1. The molecule has 5 heterocycles. The Morgan fingerprint density at radius 2 is 2.10 bits per heavy atom. The molecule has 8 heteroatoms. The van der Waals surface area contributed by atoms with Gasteiger partial charge in [0.15, 0.2) is 11.1 Å². The van der Waals surface area contributed by atoms with Gasteiger partial charge < -0.3 is 24.5 Å². The van der Waals surface area contributed by atoms with E-state index in [9.17, 15) is 5.11 Å². The fourth-order valence-corrected chi connectivity index (χ4v) is 5.28. The van der Waals surface area contributed by atoms with Crippen LogP contribution in [0, 0.1) is 5.41 Å². The average Bonchev–Trinajstić information content (AvgIpc) is 3.37. The lowest BCUT2D eigenvalue weighted by Crippen LogP contribution is -2.80. The van der Waals surface area contributed by atoms with Crippen LogP contribution in [0.3, 0.4) is 0 Å². The maximum atomic E-state index is 9.69. The largest absolute Gasteiger partial charge is 0.483 e. The van der Waals surface area contributed by atoms with Crippen molar-refractivity contribution in [1.29, 1.82) is 0 Å². The van der Waals surface area contributed by atoms with E-state index in [-0.39, 0.29) is 17.6 Å². The molecule has 3 saturated heterocycles. The van der Waals surface area contributed by atoms with Crippen LogP contribution in [0.25, 0.3) is 21.7 Å². The Morgan fingerprint density at radius 1 is 1.32 bits per heavy atom. The molecule has 1 aromatic carbocycles. The zero-order valence-corrected chi connectivity index (χ0v) is 19.5. The smallest absolute Gasteiger partial charge is 0.298 e. The summed E-state index contributed by atoms with van der Waals surface area (Å²) in [4.78, 5) is 11.6. The van der Waals surface area contributed by atoms with Gasteiger partial charge in [0.2, 0.25) is 0 Å². The minimum Gasteiger partial charge on any atom is -0.483 e. The third kappa shape index (κ3) is 3.41. The summed E-state index contributed by atoms with van der Waals surface area (Å²) in [6, 6.07) is 4.93. The minimum atomic E-state index is -0.721. The molecule has 31 heavy (non-hydrogen) atoms. The maximum Gasteiger partial charge on any atom is 0.298 e. The summed E-state index contributed by atoms with van der Waals surface area (Å²) in [7, 11) is 0. The summed E-state index contributed by atoms with van der Waals surface area (Å²) in [5, 5.41) is 16.3. The summed E-state index contributed by atoms with van der Waals surface area (Å²) in [6.45, 7) is 12.2. The first-order valence-electron chi connectivity index (χ1n) is 10.8. The van der Waals surface area contributed by atoms with E-state index >= 15 is 0 Å². The van der Waals surface area contributed by atoms with E-state index in [1.807, 2.05) is 31.4 Å². The number of thiazole rings is 1. The third-order valence-corrected chi connectivity index (χ3v) is 7.41. The van der Waals surface area contributed by atoms with Crippen molar-refractivity contribution < 1.29 is 14.3 Å². The van der Waals surface area contributed by atoms with Crippen molar-refractivity contribution >= 4 is 28.5 Å². The lowest BCUT2D eigenvalue weighted by molar-refractivity contribution is 0.00504. The molecule has 0 aliphatic carbocycles. The highest BCUT2D eigenvalue weighted by Crippen LogP contribution is 2.46. The van der Waals surface area contributed by atoms with Crippen molar-refractivity contribution in [2.24, 2.45) is 5.41 Å². The molecule has 3 fully saturated rings. The molecule has 6 rings (SSSR count). The number of piperazine rings is 1. The first-order chi connectivity index (χ1) is 14.6. The van der Waals surface area contributed by atoms with Gasteiger partial charge in [0, 0.05) is 36.2 Å². The van der Waals surface area contributed by atoms with Gasteiger partial charge in [-0.3, -0.25) is 0 Å². The molecular formula is C23H30N4O3S. The molecule has 3 aromatic rings. The van der Waals surface area contributed by atoms with Crippen molar-refractivity contribution in [3.8, 4) is 16.3 Å². The zero-order chi connectivity index (χ0) is 22.0. The lowest BCUT2D eigenvalue weighted by atomic mass is 9.62. The van der Waals surface area contributed by atoms with E-state index in [0.717, 1.165) is 23.7 Å². The summed E-state index contributed by atoms with van der Waals surface area (Å²) in [5.41, 5.74) is 1.73. The molecule has 7 nitrogen and oxygen atoms in total. The van der Waals surface area contributed by atoms with Gasteiger partial charge in [0.1, 0.15) is 16.4 Å². The van der Waals surface area contributed by atoms with Crippen molar-refractivity contribution in [3.63, 3.8) is 0 Å². The second-order valence-electron chi connectivity index (χ2n) is 10.4. The summed E-state index contributed by atoms with van der Waals surface area (Å²) >= 11 is 1.57. The first-order valence-corrected chi connectivity index (χ1v) is 11.6. The van der Waals surface area contributed by atoms with E-state index in [2.05, 4.69) is 36.0 Å². The molecule has 0 radical (unpaired) electrons. The Kier molecular flexibility index (Phi) is 4.63. The molecule has 2 unspecified atom stereocenters. The highest BCUT2D eigenvalue weighted by Gasteiger charge is 2.56. The van der Waals surface area contributed by atoms with Crippen molar-refractivity contribution in [2.45, 2.75) is 58.2 Å². The fourth-order valence-electron chi connectivity index (χ4n) is 4.62. The molecule has 2 N–H and O–H groups in total. The van der Waals surface area contributed by atoms with E-state index in [0.29, 0.717) is 28.9 Å². The van der Waals surface area contributed by atoms with Crippen LogP contribution in [0.2, 0.25) is 0 Å². The fraction of sp³-hybridized carbons (Fsp3) is 0.565. The molecule has 2 bridgehead atoms. The monoisotopic (exact) mass is 442 g/mol. The number of aliphatic hydroxyl groups excluding tert-OH is 1. The Morgan fingerprint density at radius 3 is 2.74 bits per heavy atom. The van der Waals surface area contributed by atoms with Crippen LogP contribution in [0.5, 0.6) is 5.75 Å². The summed E-state index contributed by atoms with van der Waals surface area (Å²) in [6.07, 6.45) is 2.97. The predicted molar refractivity (Wildman–Crippen MR) is 123 cm³/mol. The second kappa shape index (κ2) is 6.92. The molecule has 3 aliphatic rings. The second-order valence-corrected chi connectivity index (χ2v) is 11.3. The van der Waals surface area contributed by atoms with Crippen molar-refractivity contribution in [2.75, 3.05) is 24.6 Å². The molecule has 2 aromatic heterocycles. The molecular weight excluding hydrogens is 412 g/mol. The Balaban J connectivity index is 1.58. The number of ether oxygens (including phenoxy) is 1. The van der Waals surface area contributed by atoms with E-state index in [4.69, 9.17) is 14.1 Å². The van der Waals surface area contributed by atoms with Gasteiger partial charge in [0.05, 0.1) is 12.2 Å². The van der Waals surface area contributed by atoms with Gasteiger partial charge in [-0.1, -0.05) is 20.8 Å². The van der Waals surface area contributed by atoms with Crippen LogP contribution in [-0.2, 0) is 0 Å². The van der Waals surface area contributed by atoms with E-state index < -0.39 is 5.60 Å². The molecule has 2 atom stereocenters. The number of anilines is 1. The lowest BCUT2D eigenvalue weighted by Gasteiger charge is -2.62. The van der Waals surface area contributed by atoms with E-state index in [1.165, 1.54) is 6.42 Å². The van der Waals surface area contributed by atoms with E-state index in [1.54, 1.807) is 17.5 Å². The van der Waals surface area contributed by atoms with Gasteiger partial charge in [-0.15, -0.1) is 11.3 Å². The Bertz CT molecular complexity index is 1090. The summed E-state index contributed by atoms with van der Waals surface area (Å²) in [5.74, 6) is 0.607. The minimum absolute atomic E-state index is 0.0624. The van der Waals surface area contributed by atoms with Crippen molar-refractivity contribution in [3.05, 3.63) is 23.7 Å². The number of hydrogen-bond acceptors (Lipinski definition) is 8. The number of rotatable bonds is 5. The van der Waals surface area contributed by atoms with Gasteiger partial charge in [-0.05, 0) is 37.8 Å². The average molecular weight is 443 g/mol. The Hall–Kier alpha value is -2.16. The standard InChI is InChI=1S/C23H30N4O3S/c1-21(2,3)23-10-14(26-23)11-27(12-23)20-25-17-16(30-22(4,5)13-28)7-6-15(18(17)29-20)19-24-8-9-31-19/h6-9,14,26,28H,10-13H2,1-5H3. The third-order valence-electron chi connectivity index (χ3n) is 6.61. The first kappa shape index (κ1) is 20.7. The number of nitrogens with one attached hydrogen (secondary N) is 1. The molecule has 166 valence electrons. The summed E-state index contributed by atoms with van der Waals surface area (Å²) < 4.78 is 12.5. The van der Waals surface area contributed by atoms with Gasteiger partial charge in [0.25, 0.3) is 6.01 Å². The highest BCUT2D eigenvalue weighted by molar-refractivity contribution is 7.13. The highest BCUT2D eigenvalue weighted by atomic mass is 32.1. The van der Waals surface area contributed by atoms with Crippen LogP contribution in [0.15, 0.2) is 28.1 Å². The normalized spacial score (nSPS) is 23.8. The van der Waals surface area contributed by atoms with Crippen LogP contribution in [-0.4, -0.2) is 52.0 Å². The van der Waals surface area contributed by atoms with Crippen LogP contribution < -0.4 is 15.0 Å². The molecule has 3 aliphatic heterocycles. The quantitative estimate of drug-likeness (QED) is 0.616. The number of nitrogens with zero attached hydrogens (tertiary/aromatic N) is 3. The molecule has 0 spiro atoms. The van der Waals surface area contributed by atoms with Crippen LogP contribution >= 0.6 is 11.3 Å². The van der Waals surface area contributed by atoms with Gasteiger partial charge >= 0.3 is 0 Å².